The lowest BCUT2D eigenvalue weighted by atomic mass is 9.83. The molecule has 1 aliphatic heterocycles. The standard InChI is InChI=1S/C50H30O2/c1-2-13-33-29-48-47(28-32(33)12-1)51-45-25-24-34(30-46(45)52-48)31-15-11-16-36(26-31)49-40-20-7-9-22-42(40)50(43-23-10-8-21-41(43)49)44-27-35-14-3-4-17-37(35)38-18-5-6-19-39(38)44/h1-30H. The molecule has 1 aliphatic rings. The smallest absolute Gasteiger partial charge is 0.170 e. The van der Waals surface area contributed by atoms with Crippen molar-refractivity contribution in [2.24, 2.45) is 0 Å². The van der Waals surface area contributed by atoms with Gasteiger partial charge in [-0.05, 0) is 124 Å². The summed E-state index contributed by atoms with van der Waals surface area (Å²) in [7, 11) is 0. The van der Waals surface area contributed by atoms with Gasteiger partial charge in [-0.2, -0.15) is 0 Å². The van der Waals surface area contributed by atoms with E-state index in [1.165, 1.54) is 65.3 Å². The number of rotatable bonds is 3. The molecule has 0 aliphatic carbocycles. The van der Waals surface area contributed by atoms with Gasteiger partial charge in [0.15, 0.2) is 23.0 Å². The van der Waals surface area contributed by atoms with Gasteiger partial charge in [0.05, 0.1) is 0 Å². The Bertz CT molecular complexity index is 3020. The molecule has 0 amide bonds. The zero-order chi connectivity index (χ0) is 34.2. The van der Waals surface area contributed by atoms with Crippen molar-refractivity contribution in [2.45, 2.75) is 0 Å². The zero-order valence-electron chi connectivity index (χ0n) is 28.1. The molecule has 0 bridgehead atoms. The van der Waals surface area contributed by atoms with Crippen molar-refractivity contribution in [3.8, 4) is 56.4 Å². The van der Waals surface area contributed by atoms with Crippen LogP contribution in [0.4, 0.5) is 0 Å². The van der Waals surface area contributed by atoms with Gasteiger partial charge in [-0.3, -0.25) is 0 Å². The first-order valence-electron chi connectivity index (χ1n) is 17.7. The highest BCUT2D eigenvalue weighted by atomic mass is 16.6. The number of ether oxygens (including phenoxy) is 2. The van der Waals surface area contributed by atoms with Crippen molar-refractivity contribution in [1.29, 1.82) is 0 Å². The molecule has 242 valence electrons. The first-order chi connectivity index (χ1) is 25.8. The Labute approximate surface area is 300 Å². The molecular formula is C50H30O2. The molecule has 10 aromatic carbocycles. The number of hydrogen-bond acceptors (Lipinski definition) is 2. The predicted molar refractivity (Wildman–Crippen MR) is 217 cm³/mol. The van der Waals surface area contributed by atoms with Gasteiger partial charge in [-0.25, -0.2) is 0 Å². The van der Waals surface area contributed by atoms with Gasteiger partial charge < -0.3 is 9.47 Å². The van der Waals surface area contributed by atoms with Crippen LogP contribution in [0.15, 0.2) is 182 Å². The second-order valence-electron chi connectivity index (χ2n) is 13.6. The molecule has 11 rings (SSSR count). The van der Waals surface area contributed by atoms with Crippen molar-refractivity contribution >= 4 is 53.9 Å². The number of benzene rings is 10. The van der Waals surface area contributed by atoms with Crippen molar-refractivity contribution in [3.63, 3.8) is 0 Å². The summed E-state index contributed by atoms with van der Waals surface area (Å²) in [6.07, 6.45) is 0. The largest absolute Gasteiger partial charge is 0.449 e. The summed E-state index contributed by atoms with van der Waals surface area (Å²) in [5.41, 5.74) is 7.12. The van der Waals surface area contributed by atoms with Crippen LogP contribution in [0.25, 0.3) is 87.2 Å². The first-order valence-corrected chi connectivity index (χ1v) is 17.7. The molecule has 0 saturated heterocycles. The fraction of sp³-hybridized carbons (Fsp3) is 0. The fourth-order valence-electron chi connectivity index (χ4n) is 8.29. The van der Waals surface area contributed by atoms with Gasteiger partial charge in [0.25, 0.3) is 0 Å². The van der Waals surface area contributed by atoms with E-state index < -0.39 is 0 Å². The molecule has 0 saturated carbocycles. The SMILES string of the molecule is c1cc(-c2ccc3c(c2)Oc2cc4ccccc4cc2O3)cc(-c2c3ccccc3c(-c3cc4ccccc4c4ccccc34)c3ccccc23)c1. The molecular weight excluding hydrogens is 633 g/mol. The molecule has 0 unspecified atom stereocenters. The Morgan fingerprint density at radius 2 is 0.731 bits per heavy atom. The van der Waals surface area contributed by atoms with Crippen LogP contribution in [0.3, 0.4) is 0 Å². The summed E-state index contributed by atoms with van der Waals surface area (Å²) in [6.45, 7) is 0. The van der Waals surface area contributed by atoms with Crippen LogP contribution in [0.5, 0.6) is 23.0 Å². The summed E-state index contributed by atoms with van der Waals surface area (Å²) in [5, 5.41) is 12.3. The lowest BCUT2D eigenvalue weighted by Crippen LogP contribution is -1.99. The third-order valence-corrected chi connectivity index (χ3v) is 10.6. The van der Waals surface area contributed by atoms with E-state index >= 15 is 0 Å². The van der Waals surface area contributed by atoms with E-state index in [1.54, 1.807) is 0 Å². The second-order valence-corrected chi connectivity index (χ2v) is 13.6. The van der Waals surface area contributed by atoms with Gasteiger partial charge in [0.1, 0.15) is 0 Å². The zero-order valence-corrected chi connectivity index (χ0v) is 28.1. The topological polar surface area (TPSA) is 18.5 Å². The van der Waals surface area contributed by atoms with Gasteiger partial charge in [0.2, 0.25) is 0 Å². The fourth-order valence-corrected chi connectivity index (χ4v) is 8.29. The Hall–Kier alpha value is -6.90. The maximum atomic E-state index is 6.47. The third-order valence-electron chi connectivity index (χ3n) is 10.6. The maximum absolute atomic E-state index is 6.47. The minimum Gasteiger partial charge on any atom is -0.449 e. The summed E-state index contributed by atoms with van der Waals surface area (Å²) >= 11 is 0. The molecule has 10 aromatic rings. The van der Waals surface area contributed by atoms with Crippen LogP contribution < -0.4 is 9.47 Å². The van der Waals surface area contributed by atoms with Crippen LogP contribution in [0.2, 0.25) is 0 Å². The third kappa shape index (κ3) is 4.44. The van der Waals surface area contributed by atoms with E-state index in [0.717, 1.165) is 39.1 Å². The Morgan fingerprint density at radius 3 is 1.40 bits per heavy atom. The van der Waals surface area contributed by atoms with Gasteiger partial charge in [-0.1, -0.05) is 146 Å². The normalized spacial score (nSPS) is 12.2. The molecule has 0 aromatic heterocycles. The molecule has 1 heterocycles. The highest BCUT2D eigenvalue weighted by molar-refractivity contribution is 6.25. The molecule has 52 heavy (non-hydrogen) atoms. The average molecular weight is 663 g/mol. The molecule has 0 spiro atoms. The quantitative estimate of drug-likeness (QED) is 0.138. The molecule has 0 N–H and O–H groups in total. The van der Waals surface area contributed by atoms with Gasteiger partial charge in [0, 0.05) is 0 Å². The highest BCUT2D eigenvalue weighted by Crippen LogP contribution is 2.49. The van der Waals surface area contributed by atoms with E-state index in [2.05, 4.69) is 158 Å². The van der Waals surface area contributed by atoms with Crippen LogP contribution in [-0.2, 0) is 0 Å². The van der Waals surface area contributed by atoms with Gasteiger partial charge in [-0.15, -0.1) is 0 Å². The van der Waals surface area contributed by atoms with Crippen molar-refractivity contribution < 1.29 is 9.47 Å². The lowest BCUT2D eigenvalue weighted by molar-refractivity contribution is 0.360. The molecule has 2 nitrogen and oxygen atoms in total. The molecule has 0 fully saturated rings. The van der Waals surface area contributed by atoms with Crippen LogP contribution in [0, 0.1) is 0 Å². The summed E-state index contributed by atoms with van der Waals surface area (Å²) in [5.74, 6) is 2.90. The molecule has 0 radical (unpaired) electrons. The Balaban J connectivity index is 1.08. The summed E-state index contributed by atoms with van der Waals surface area (Å²) in [4.78, 5) is 0. The first kappa shape index (κ1) is 28.9. The van der Waals surface area contributed by atoms with E-state index in [9.17, 15) is 0 Å². The van der Waals surface area contributed by atoms with Crippen molar-refractivity contribution in [3.05, 3.63) is 182 Å². The minimum absolute atomic E-state index is 0.716. The van der Waals surface area contributed by atoms with E-state index in [4.69, 9.17) is 9.47 Å². The second kappa shape index (κ2) is 11.3. The Kier molecular flexibility index (Phi) is 6.28. The van der Waals surface area contributed by atoms with E-state index in [0.29, 0.717) is 5.75 Å². The summed E-state index contributed by atoms with van der Waals surface area (Å²) < 4.78 is 12.8. The van der Waals surface area contributed by atoms with Crippen LogP contribution >= 0.6 is 0 Å². The highest BCUT2D eigenvalue weighted by Gasteiger charge is 2.22. The van der Waals surface area contributed by atoms with Crippen molar-refractivity contribution in [2.75, 3.05) is 0 Å². The number of fused-ring (bicyclic) bond motifs is 8. The maximum Gasteiger partial charge on any atom is 0.170 e. The molecule has 2 heteroatoms. The Morgan fingerprint density at radius 1 is 0.250 bits per heavy atom. The number of hydrogen-bond donors (Lipinski definition) is 0. The van der Waals surface area contributed by atoms with Crippen LogP contribution in [-0.4, -0.2) is 0 Å². The monoisotopic (exact) mass is 662 g/mol. The molecule has 0 atom stereocenters. The van der Waals surface area contributed by atoms with Crippen LogP contribution in [0.1, 0.15) is 0 Å². The lowest BCUT2D eigenvalue weighted by Gasteiger charge is -2.22. The van der Waals surface area contributed by atoms with E-state index in [-0.39, 0.29) is 0 Å². The van der Waals surface area contributed by atoms with Gasteiger partial charge >= 0.3 is 0 Å². The minimum atomic E-state index is 0.716. The average Bonchev–Trinajstić information content (AvgIpc) is 3.21. The summed E-state index contributed by atoms with van der Waals surface area (Å²) in [6, 6.07) is 65.2. The van der Waals surface area contributed by atoms with Crippen molar-refractivity contribution in [1.82, 2.24) is 0 Å². The predicted octanol–water partition coefficient (Wildman–Crippen LogP) is 14.4. The van der Waals surface area contributed by atoms with E-state index in [1.807, 2.05) is 24.3 Å².